The van der Waals surface area contributed by atoms with Gasteiger partial charge in [0, 0.05) is 13.0 Å². The van der Waals surface area contributed by atoms with Gasteiger partial charge in [0.05, 0.1) is 6.04 Å². The van der Waals surface area contributed by atoms with E-state index in [-0.39, 0.29) is 18.1 Å². The molecule has 0 fully saturated rings. The number of amides is 3. The van der Waals surface area contributed by atoms with Crippen LogP contribution in [0.2, 0.25) is 0 Å². The van der Waals surface area contributed by atoms with E-state index in [9.17, 15) is 19.5 Å². The third kappa shape index (κ3) is 10.6. The van der Waals surface area contributed by atoms with Crippen molar-refractivity contribution in [2.75, 3.05) is 13.1 Å². The first-order chi connectivity index (χ1) is 16.5. The van der Waals surface area contributed by atoms with Crippen LogP contribution in [-0.2, 0) is 20.8 Å². The molecule has 0 unspecified atom stereocenters. The molecule has 0 radical (unpaired) electrons. The van der Waals surface area contributed by atoms with E-state index in [1.165, 1.54) is 0 Å². The first kappa shape index (κ1) is 29.7. The lowest BCUT2D eigenvalue weighted by Gasteiger charge is -2.24. The zero-order valence-corrected chi connectivity index (χ0v) is 20.5. The molecule has 0 heterocycles. The maximum absolute atomic E-state index is 13.2. The van der Waals surface area contributed by atoms with Gasteiger partial charge in [-0.1, -0.05) is 0 Å². The van der Waals surface area contributed by atoms with E-state index in [4.69, 9.17) is 28.7 Å². The molecule has 0 spiro atoms. The summed E-state index contributed by atoms with van der Waals surface area (Å²) in [6.07, 6.45) is 2.53. The van der Waals surface area contributed by atoms with Gasteiger partial charge in [0.25, 0.3) is 0 Å². The summed E-state index contributed by atoms with van der Waals surface area (Å²) in [4.78, 5) is 41.7. The quantitative estimate of drug-likeness (QED) is 0.0813. The van der Waals surface area contributed by atoms with Crippen molar-refractivity contribution in [3.05, 3.63) is 28.8 Å². The number of carbonyl (C=O) groups excluding carboxylic acids is 3. The summed E-state index contributed by atoms with van der Waals surface area (Å²) in [5, 5.41) is 15.2. The Kier molecular flexibility index (Phi) is 12.5. The Hall–Kier alpha value is -3.38. The van der Waals surface area contributed by atoms with Crippen LogP contribution in [0.5, 0.6) is 5.75 Å². The summed E-state index contributed by atoms with van der Waals surface area (Å²) in [6, 6.07) is 0.340. The van der Waals surface area contributed by atoms with Gasteiger partial charge in [-0.15, -0.1) is 0 Å². The molecule has 12 heteroatoms. The van der Waals surface area contributed by atoms with Crippen molar-refractivity contribution >= 4 is 23.7 Å². The SMILES string of the molecule is Cc1cc(O)cc(C)c1C[C@H](NC(=O)[C@H](N)CCCN=C(N)N)C(=O)N[C@H](CCCCN)C(N)=O. The second kappa shape index (κ2) is 14.8. The molecule has 0 bridgehead atoms. The van der Waals surface area contributed by atoms with Crippen LogP contribution in [0.3, 0.4) is 0 Å². The summed E-state index contributed by atoms with van der Waals surface area (Å²) in [5.74, 6) is -1.70. The molecule has 1 aromatic carbocycles. The topological polar surface area (TPSA) is 238 Å². The number of guanidine groups is 1. The van der Waals surface area contributed by atoms with Gasteiger partial charge in [0.2, 0.25) is 17.7 Å². The summed E-state index contributed by atoms with van der Waals surface area (Å²) < 4.78 is 0. The lowest BCUT2D eigenvalue weighted by molar-refractivity contribution is -0.131. The van der Waals surface area contributed by atoms with Crippen molar-refractivity contribution < 1.29 is 19.5 Å². The van der Waals surface area contributed by atoms with Gasteiger partial charge in [0.15, 0.2) is 5.96 Å². The molecule has 0 aliphatic carbocycles. The molecule has 0 saturated carbocycles. The average Bonchev–Trinajstić information content (AvgIpc) is 2.76. The number of rotatable bonds is 15. The minimum atomic E-state index is -1.02. The number of benzene rings is 1. The van der Waals surface area contributed by atoms with E-state index >= 15 is 0 Å². The average molecular weight is 493 g/mol. The summed E-state index contributed by atoms with van der Waals surface area (Å²) in [6.45, 7) is 4.38. The maximum atomic E-state index is 13.2. The molecule has 3 atom stereocenters. The lowest BCUT2D eigenvalue weighted by Crippen LogP contribution is -2.56. The summed E-state index contributed by atoms with van der Waals surface area (Å²) >= 11 is 0. The fraction of sp³-hybridized carbons (Fsp3) is 0.565. The first-order valence-electron chi connectivity index (χ1n) is 11.7. The number of nitrogens with zero attached hydrogens (tertiary/aromatic N) is 1. The van der Waals surface area contributed by atoms with Crippen LogP contribution in [0.25, 0.3) is 0 Å². The van der Waals surface area contributed by atoms with Gasteiger partial charge >= 0.3 is 0 Å². The lowest BCUT2D eigenvalue weighted by atomic mass is 9.95. The predicted octanol–water partition coefficient (Wildman–Crippen LogP) is -1.48. The molecule has 0 aliphatic rings. The van der Waals surface area contributed by atoms with Crippen molar-refractivity contribution in [3.8, 4) is 5.75 Å². The normalized spacial score (nSPS) is 13.4. The molecule has 1 aromatic rings. The third-order valence-corrected chi connectivity index (χ3v) is 5.63. The van der Waals surface area contributed by atoms with Crippen molar-refractivity contribution in [3.63, 3.8) is 0 Å². The number of nitrogens with two attached hydrogens (primary N) is 5. The molecule has 0 aliphatic heterocycles. The highest BCUT2D eigenvalue weighted by Crippen LogP contribution is 2.22. The van der Waals surface area contributed by atoms with E-state index < -0.39 is 35.8 Å². The fourth-order valence-electron chi connectivity index (χ4n) is 3.69. The van der Waals surface area contributed by atoms with Crippen molar-refractivity contribution in [2.45, 2.75) is 70.5 Å². The number of primary amides is 1. The highest BCUT2D eigenvalue weighted by Gasteiger charge is 2.28. The Morgan fingerprint density at radius 2 is 1.54 bits per heavy atom. The standard InChI is InChI=1S/C23H40N8O4/c1-13-10-15(32)11-14(2)16(13)12-19(22(35)30-18(20(26)33)7-3-4-8-24)31-21(34)17(25)6-5-9-29-23(27)28/h10-11,17-19,32H,3-9,12,24-25H2,1-2H3,(H2,26,33)(H,30,35)(H,31,34)(H4,27,28,29)/t17-,18-,19+/m1/s1. The van der Waals surface area contributed by atoms with E-state index in [1.807, 2.05) is 0 Å². The second-order valence-corrected chi connectivity index (χ2v) is 8.63. The Morgan fingerprint density at radius 3 is 2.09 bits per heavy atom. The number of nitrogens with one attached hydrogen (secondary N) is 2. The summed E-state index contributed by atoms with van der Waals surface area (Å²) in [7, 11) is 0. The van der Waals surface area contributed by atoms with Crippen LogP contribution < -0.4 is 39.3 Å². The zero-order valence-electron chi connectivity index (χ0n) is 20.5. The third-order valence-electron chi connectivity index (χ3n) is 5.63. The number of phenols is 1. The van der Waals surface area contributed by atoms with Gasteiger partial charge < -0.3 is 44.4 Å². The van der Waals surface area contributed by atoms with Crippen molar-refractivity contribution in [1.29, 1.82) is 0 Å². The zero-order chi connectivity index (χ0) is 26.5. The number of aliphatic imine (C=N–C) groups is 1. The number of hydrogen-bond donors (Lipinski definition) is 8. The van der Waals surface area contributed by atoms with Crippen LogP contribution in [0.15, 0.2) is 17.1 Å². The highest BCUT2D eigenvalue weighted by molar-refractivity contribution is 5.92. The van der Waals surface area contributed by atoms with Gasteiger partial charge in [-0.25, -0.2) is 0 Å². The first-order valence-corrected chi connectivity index (χ1v) is 11.7. The molecule has 13 N–H and O–H groups in total. The van der Waals surface area contributed by atoms with Crippen molar-refractivity contribution in [1.82, 2.24) is 10.6 Å². The van der Waals surface area contributed by atoms with Crippen molar-refractivity contribution in [2.24, 2.45) is 33.7 Å². The van der Waals surface area contributed by atoms with Crippen LogP contribution in [0.4, 0.5) is 0 Å². The molecule has 1 rings (SSSR count). The molecule has 0 saturated heterocycles. The summed E-state index contributed by atoms with van der Waals surface area (Å²) in [5.41, 5.74) is 29.9. The van der Waals surface area contributed by atoms with E-state index in [1.54, 1.807) is 26.0 Å². The smallest absolute Gasteiger partial charge is 0.243 e. The molecule has 12 nitrogen and oxygen atoms in total. The molecule has 196 valence electrons. The number of aryl methyl sites for hydroxylation is 2. The van der Waals surface area contributed by atoms with Gasteiger partial charge in [-0.3, -0.25) is 19.4 Å². The molecular formula is C23H40N8O4. The number of carbonyl (C=O) groups is 3. The van der Waals surface area contributed by atoms with Crippen LogP contribution in [0, 0.1) is 13.8 Å². The predicted molar refractivity (Wildman–Crippen MR) is 135 cm³/mol. The Bertz CT molecular complexity index is 879. The van der Waals surface area contributed by atoms with Crippen LogP contribution >= 0.6 is 0 Å². The highest BCUT2D eigenvalue weighted by atomic mass is 16.3. The number of unbranched alkanes of at least 4 members (excludes halogenated alkanes) is 1. The van der Waals surface area contributed by atoms with Gasteiger partial charge in [0.1, 0.15) is 17.8 Å². The molecular weight excluding hydrogens is 452 g/mol. The number of phenolic OH excluding ortho intramolecular Hbond substituents is 1. The van der Waals surface area contributed by atoms with E-state index in [0.29, 0.717) is 45.2 Å². The van der Waals surface area contributed by atoms with E-state index in [0.717, 1.165) is 16.7 Å². The van der Waals surface area contributed by atoms with Crippen LogP contribution in [-0.4, -0.2) is 60.0 Å². The maximum Gasteiger partial charge on any atom is 0.243 e. The Labute approximate surface area is 206 Å². The fourth-order valence-corrected chi connectivity index (χ4v) is 3.69. The van der Waals surface area contributed by atoms with Gasteiger partial charge in [-0.05, 0) is 81.3 Å². The minimum Gasteiger partial charge on any atom is -0.508 e. The van der Waals surface area contributed by atoms with E-state index in [2.05, 4.69) is 15.6 Å². The minimum absolute atomic E-state index is 0.0464. The monoisotopic (exact) mass is 492 g/mol. The number of aromatic hydroxyl groups is 1. The molecule has 3 amide bonds. The molecule has 0 aromatic heterocycles. The second-order valence-electron chi connectivity index (χ2n) is 8.63. The molecule has 35 heavy (non-hydrogen) atoms. The Morgan fingerprint density at radius 1 is 0.943 bits per heavy atom. The Balaban J connectivity index is 3.04. The number of hydrogen-bond acceptors (Lipinski definition) is 7. The van der Waals surface area contributed by atoms with Gasteiger partial charge in [-0.2, -0.15) is 0 Å². The van der Waals surface area contributed by atoms with Crippen LogP contribution in [0.1, 0.15) is 48.8 Å². The largest absolute Gasteiger partial charge is 0.508 e.